The molecule has 2 aromatic heterocycles. The SMILES string of the molecule is Cc1c(C)n(Cc2ccccc2)c2c(OCc3ccc(Br)cc3)ccnc12. The summed E-state index contributed by atoms with van der Waals surface area (Å²) in [5.41, 5.74) is 6.90. The number of aryl methyl sites for hydroxylation is 1. The Balaban J connectivity index is 1.72. The van der Waals surface area contributed by atoms with E-state index in [1.54, 1.807) is 0 Å². The third-order valence-electron chi connectivity index (χ3n) is 4.95. The van der Waals surface area contributed by atoms with Gasteiger partial charge in [0.15, 0.2) is 0 Å². The number of pyridine rings is 1. The topological polar surface area (TPSA) is 27.1 Å². The zero-order chi connectivity index (χ0) is 18.8. The van der Waals surface area contributed by atoms with Crippen LogP contribution in [0.25, 0.3) is 11.0 Å². The molecule has 4 heteroatoms. The minimum atomic E-state index is 0.529. The van der Waals surface area contributed by atoms with Crippen molar-refractivity contribution in [2.24, 2.45) is 0 Å². The zero-order valence-corrected chi connectivity index (χ0v) is 17.0. The van der Waals surface area contributed by atoms with Crippen molar-refractivity contribution in [2.75, 3.05) is 0 Å². The zero-order valence-electron chi connectivity index (χ0n) is 15.4. The van der Waals surface area contributed by atoms with E-state index in [9.17, 15) is 0 Å². The minimum Gasteiger partial charge on any atom is -0.487 e. The van der Waals surface area contributed by atoms with Gasteiger partial charge in [0, 0.05) is 29.0 Å². The summed E-state index contributed by atoms with van der Waals surface area (Å²) in [7, 11) is 0. The van der Waals surface area contributed by atoms with Crippen LogP contribution in [0.2, 0.25) is 0 Å². The van der Waals surface area contributed by atoms with E-state index in [2.05, 4.69) is 75.7 Å². The standard InChI is InChI=1S/C23H21BrN2O/c1-16-17(2)26(14-18-6-4-3-5-7-18)23-21(12-13-25-22(16)23)27-15-19-8-10-20(24)11-9-19/h3-13H,14-15H2,1-2H3. The molecule has 0 spiro atoms. The van der Waals surface area contributed by atoms with Gasteiger partial charge in [-0.1, -0.05) is 58.4 Å². The maximum absolute atomic E-state index is 6.22. The Labute approximate surface area is 167 Å². The van der Waals surface area contributed by atoms with Gasteiger partial charge in [0.2, 0.25) is 0 Å². The lowest BCUT2D eigenvalue weighted by Gasteiger charge is -2.13. The fourth-order valence-electron chi connectivity index (χ4n) is 3.33. The van der Waals surface area contributed by atoms with E-state index in [0.717, 1.165) is 33.4 Å². The molecule has 0 bridgehead atoms. The third kappa shape index (κ3) is 3.62. The second-order valence-electron chi connectivity index (χ2n) is 6.70. The molecule has 2 heterocycles. The molecule has 0 aliphatic carbocycles. The second-order valence-corrected chi connectivity index (χ2v) is 7.62. The lowest BCUT2D eigenvalue weighted by molar-refractivity contribution is 0.308. The molecular formula is C23H21BrN2O. The van der Waals surface area contributed by atoms with Crippen LogP contribution >= 0.6 is 15.9 Å². The first-order chi connectivity index (χ1) is 13.1. The molecule has 0 radical (unpaired) electrons. The van der Waals surface area contributed by atoms with E-state index < -0.39 is 0 Å². The Hall–Kier alpha value is -2.59. The van der Waals surface area contributed by atoms with Crippen LogP contribution in [0.3, 0.4) is 0 Å². The number of rotatable bonds is 5. The van der Waals surface area contributed by atoms with Gasteiger partial charge < -0.3 is 9.30 Å². The molecule has 0 atom stereocenters. The normalized spacial score (nSPS) is 11.1. The van der Waals surface area contributed by atoms with Crippen molar-refractivity contribution in [3.63, 3.8) is 0 Å². The first kappa shape index (κ1) is 17.8. The van der Waals surface area contributed by atoms with Crippen LogP contribution in [0.5, 0.6) is 5.75 Å². The Morgan fingerprint density at radius 3 is 2.41 bits per heavy atom. The van der Waals surface area contributed by atoms with Crippen LogP contribution in [0, 0.1) is 13.8 Å². The van der Waals surface area contributed by atoms with Crippen LogP contribution < -0.4 is 4.74 Å². The third-order valence-corrected chi connectivity index (χ3v) is 5.48. The summed E-state index contributed by atoms with van der Waals surface area (Å²) in [5.74, 6) is 0.870. The number of aromatic nitrogens is 2. The molecule has 0 N–H and O–H groups in total. The molecule has 0 aliphatic heterocycles. The van der Waals surface area contributed by atoms with Gasteiger partial charge in [0.25, 0.3) is 0 Å². The van der Waals surface area contributed by atoms with Gasteiger partial charge in [-0.25, -0.2) is 0 Å². The second kappa shape index (κ2) is 7.57. The van der Waals surface area contributed by atoms with E-state index in [4.69, 9.17) is 4.74 Å². The van der Waals surface area contributed by atoms with E-state index in [1.165, 1.54) is 16.8 Å². The molecule has 0 amide bonds. The number of benzene rings is 2. The summed E-state index contributed by atoms with van der Waals surface area (Å²) in [6.45, 7) is 5.61. The Bertz CT molecular complexity index is 1070. The van der Waals surface area contributed by atoms with Crippen LogP contribution in [0.4, 0.5) is 0 Å². The highest BCUT2D eigenvalue weighted by atomic mass is 79.9. The number of ether oxygens (including phenoxy) is 1. The highest BCUT2D eigenvalue weighted by Crippen LogP contribution is 2.32. The quantitative estimate of drug-likeness (QED) is 0.393. The number of nitrogens with zero attached hydrogens (tertiary/aromatic N) is 2. The molecule has 0 saturated carbocycles. The van der Waals surface area contributed by atoms with E-state index in [0.29, 0.717) is 6.61 Å². The van der Waals surface area contributed by atoms with Crippen molar-refractivity contribution in [3.05, 3.63) is 93.7 Å². The summed E-state index contributed by atoms with van der Waals surface area (Å²) in [4.78, 5) is 4.62. The number of hydrogen-bond acceptors (Lipinski definition) is 2. The van der Waals surface area contributed by atoms with E-state index in [-0.39, 0.29) is 0 Å². The molecule has 27 heavy (non-hydrogen) atoms. The maximum atomic E-state index is 6.22. The summed E-state index contributed by atoms with van der Waals surface area (Å²) in [6.07, 6.45) is 1.83. The predicted octanol–water partition coefficient (Wildman–Crippen LogP) is 6.04. The lowest BCUT2D eigenvalue weighted by Crippen LogP contribution is -2.04. The van der Waals surface area contributed by atoms with Gasteiger partial charge in [-0.15, -0.1) is 0 Å². The van der Waals surface area contributed by atoms with Crippen molar-refractivity contribution >= 4 is 27.0 Å². The average molecular weight is 421 g/mol. The van der Waals surface area contributed by atoms with Crippen LogP contribution in [0.1, 0.15) is 22.4 Å². The van der Waals surface area contributed by atoms with Crippen LogP contribution in [-0.2, 0) is 13.2 Å². The minimum absolute atomic E-state index is 0.529. The van der Waals surface area contributed by atoms with Crippen molar-refractivity contribution in [3.8, 4) is 5.75 Å². The van der Waals surface area contributed by atoms with Gasteiger partial charge in [-0.3, -0.25) is 4.98 Å². The van der Waals surface area contributed by atoms with Crippen molar-refractivity contribution in [1.29, 1.82) is 0 Å². The lowest BCUT2D eigenvalue weighted by atomic mass is 10.2. The van der Waals surface area contributed by atoms with Crippen molar-refractivity contribution in [1.82, 2.24) is 9.55 Å². The molecule has 136 valence electrons. The summed E-state index contributed by atoms with van der Waals surface area (Å²) in [6, 6.07) is 20.7. The van der Waals surface area contributed by atoms with Crippen molar-refractivity contribution in [2.45, 2.75) is 27.0 Å². The van der Waals surface area contributed by atoms with Gasteiger partial charge in [-0.2, -0.15) is 0 Å². The monoisotopic (exact) mass is 420 g/mol. The number of hydrogen-bond donors (Lipinski definition) is 0. The highest BCUT2D eigenvalue weighted by Gasteiger charge is 2.16. The molecule has 4 rings (SSSR count). The molecule has 3 nitrogen and oxygen atoms in total. The largest absolute Gasteiger partial charge is 0.487 e. The molecule has 0 unspecified atom stereocenters. The van der Waals surface area contributed by atoms with Gasteiger partial charge in [0.1, 0.15) is 17.9 Å². The molecule has 2 aromatic carbocycles. The van der Waals surface area contributed by atoms with Crippen LogP contribution in [-0.4, -0.2) is 9.55 Å². The molecular weight excluding hydrogens is 400 g/mol. The Morgan fingerprint density at radius 1 is 0.926 bits per heavy atom. The Kier molecular flexibility index (Phi) is 4.99. The Morgan fingerprint density at radius 2 is 1.67 bits per heavy atom. The summed E-state index contributed by atoms with van der Waals surface area (Å²) in [5, 5.41) is 0. The number of halogens is 1. The number of fused-ring (bicyclic) bond motifs is 1. The van der Waals surface area contributed by atoms with Gasteiger partial charge in [0.05, 0.1) is 5.52 Å². The van der Waals surface area contributed by atoms with Crippen molar-refractivity contribution < 1.29 is 4.74 Å². The fraction of sp³-hybridized carbons (Fsp3) is 0.174. The van der Waals surface area contributed by atoms with Crippen LogP contribution in [0.15, 0.2) is 71.3 Å². The molecule has 0 saturated heterocycles. The average Bonchev–Trinajstić information content (AvgIpc) is 2.94. The smallest absolute Gasteiger partial charge is 0.147 e. The van der Waals surface area contributed by atoms with E-state index >= 15 is 0 Å². The first-order valence-electron chi connectivity index (χ1n) is 8.99. The molecule has 0 aliphatic rings. The highest BCUT2D eigenvalue weighted by molar-refractivity contribution is 9.10. The first-order valence-corrected chi connectivity index (χ1v) is 9.78. The summed E-state index contributed by atoms with van der Waals surface area (Å²) >= 11 is 3.47. The summed E-state index contributed by atoms with van der Waals surface area (Å²) < 4.78 is 9.60. The fourth-order valence-corrected chi connectivity index (χ4v) is 3.60. The van der Waals surface area contributed by atoms with Gasteiger partial charge in [-0.05, 0) is 42.7 Å². The molecule has 4 aromatic rings. The van der Waals surface area contributed by atoms with E-state index in [1.807, 2.05) is 30.5 Å². The predicted molar refractivity (Wildman–Crippen MR) is 113 cm³/mol. The maximum Gasteiger partial charge on any atom is 0.147 e. The molecule has 0 fully saturated rings. The van der Waals surface area contributed by atoms with Gasteiger partial charge >= 0.3 is 0 Å².